The molecular formula is C15H25N3O. The monoisotopic (exact) mass is 263 g/mol. The summed E-state index contributed by atoms with van der Waals surface area (Å²) in [5.41, 5.74) is 1.98. The number of nitrogens with zero attached hydrogens (tertiary/aromatic N) is 2. The van der Waals surface area contributed by atoms with Crippen LogP contribution in [-0.4, -0.2) is 15.7 Å². The predicted octanol–water partition coefficient (Wildman–Crippen LogP) is 3.13. The van der Waals surface area contributed by atoms with Crippen molar-refractivity contribution in [2.75, 3.05) is 5.32 Å². The van der Waals surface area contributed by atoms with Crippen LogP contribution in [0.2, 0.25) is 0 Å². The van der Waals surface area contributed by atoms with Gasteiger partial charge < -0.3 is 5.32 Å². The minimum absolute atomic E-state index is 0.123. The molecule has 4 nitrogen and oxygen atoms in total. The fourth-order valence-electron chi connectivity index (χ4n) is 3.50. The van der Waals surface area contributed by atoms with Crippen LogP contribution >= 0.6 is 0 Å². The van der Waals surface area contributed by atoms with Gasteiger partial charge in [0, 0.05) is 19.2 Å². The van der Waals surface area contributed by atoms with Gasteiger partial charge >= 0.3 is 0 Å². The standard InChI is InChI=1S/C15H25N3O/c1-10-6-12(8-15(3,4)7-10)14(19)16-13-9-18(5)17-11(13)2/h9-10,12H,6-8H2,1-5H3,(H,16,19). The van der Waals surface area contributed by atoms with E-state index in [9.17, 15) is 4.79 Å². The van der Waals surface area contributed by atoms with Crippen LogP contribution in [0.5, 0.6) is 0 Å². The van der Waals surface area contributed by atoms with Crippen molar-refractivity contribution in [2.24, 2.45) is 24.3 Å². The van der Waals surface area contributed by atoms with Gasteiger partial charge in [-0.1, -0.05) is 20.8 Å². The molecule has 1 N–H and O–H groups in total. The molecule has 0 spiro atoms. The number of anilines is 1. The summed E-state index contributed by atoms with van der Waals surface area (Å²) in [4.78, 5) is 12.4. The Kier molecular flexibility index (Phi) is 3.70. The lowest BCUT2D eigenvalue weighted by Gasteiger charge is -2.38. The van der Waals surface area contributed by atoms with E-state index in [0.29, 0.717) is 5.92 Å². The smallest absolute Gasteiger partial charge is 0.227 e. The number of aryl methyl sites for hydroxylation is 2. The highest BCUT2D eigenvalue weighted by Gasteiger charge is 2.35. The molecule has 4 heteroatoms. The Balaban J connectivity index is 2.05. The first kappa shape index (κ1) is 14.1. The summed E-state index contributed by atoms with van der Waals surface area (Å²) in [7, 11) is 1.87. The van der Waals surface area contributed by atoms with Crippen LogP contribution < -0.4 is 5.32 Å². The van der Waals surface area contributed by atoms with Crippen LogP contribution in [0, 0.1) is 24.2 Å². The van der Waals surface area contributed by atoms with E-state index in [1.54, 1.807) is 4.68 Å². The summed E-state index contributed by atoms with van der Waals surface area (Å²) >= 11 is 0. The Hall–Kier alpha value is -1.32. The molecule has 1 heterocycles. The van der Waals surface area contributed by atoms with Crippen LogP contribution in [0.15, 0.2) is 6.20 Å². The first-order valence-corrected chi connectivity index (χ1v) is 7.08. The van der Waals surface area contributed by atoms with Crippen molar-refractivity contribution in [3.05, 3.63) is 11.9 Å². The van der Waals surface area contributed by atoms with E-state index in [1.165, 1.54) is 6.42 Å². The van der Waals surface area contributed by atoms with Gasteiger partial charge in [0.1, 0.15) is 0 Å². The Morgan fingerprint density at radius 1 is 1.47 bits per heavy atom. The van der Waals surface area contributed by atoms with Crippen molar-refractivity contribution in [3.8, 4) is 0 Å². The van der Waals surface area contributed by atoms with E-state index in [4.69, 9.17) is 0 Å². The molecule has 1 aliphatic rings. The van der Waals surface area contributed by atoms with Gasteiger partial charge in [-0.2, -0.15) is 5.10 Å². The van der Waals surface area contributed by atoms with Gasteiger partial charge in [0.15, 0.2) is 0 Å². The molecule has 1 aromatic heterocycles. The van der Waals surface area contributed by atoms with E-state index in [-0.39, 0.29) is 17.2 Å². The molecule has 2 unspecified atom stereocenters. The number of hydrogen-bond donors (Lipinski definition) is 1. The number of hydrogen-bond acceptors (Lipinski definition) is 2. The van der Waals surface area contributed by atoms with Crippen LogP contribution in [0.3, 0.4) is 0 Å². The van der Waals surface area contributed by atoms with Crippen LogP contribution in [0.1, 0.15) is 45.7 Å². The lowest BCUT2D eigenvalue weighted by atomic mass is 9.68. The van der Waals surface area contributed by atoms with E-state index in [2.05, 4.69) is 31.2 Å². The lowest BCUT2D eigenvalue weighted by molar-refractivity contribution is -0.122. The summed E-state index contributed by atoms with van der Waals surface area (Å²) in [6.07, 6.45) is 5.05. The fourth-order valence-corrected chi connectivity index (χ4v) is 3.50. The summed E-state index contributed by atoms with van der Waals surface area (Å²) in [6.45, 7) is 8.69. The van der Waals surface area contributed by atoms with E-state index >= 15 is 0 Å². The molecule has 2 rings (SSSR count). The minimum Gasteiger partial charge on any atom is -0.323 e. The van der Waals surface area contributed by atoms with Gasteiger partial charge in [0.25, 0.3) is 0 Å². The molecule has 0 aliphatic heterocycles. The van der Waals surface area contributed by atoms with Crippen molar-refractivity contribution in [2.45, 2.75) is 47.0 Å². The van der Waals surface area contributed by atoms with Gasteiger partial charge in [-0.05, 0) is 37.5 Å². The molecule has 1 aliphatic carbocycles. The molecule has 0 bridgehead atoms. The van der Waals surface area contributed by atoms with Crippen molar-refractivity contribution in [3.63, 3.8) is 0 Å². The highest BCUT2D eigenvalue weighted by Crippen LogP contribution is 2.42. The molecule has 106 valence electrons. The highest BCUT2D eigenvalue weighted by molar-refractivity contribution is 5.93. The van der Waals surface area contributed by atoms with E-state index < -0.39 is 0 Å². The molecule has 2 atom stereocenters. The third-order valence-corrected chi connectivity index (χ3v) is 4.03. The van der Waals surface area contributed by atoms with Gasteiger partial charge in [-0.15, -0.1) is 0 Å². The second-order valence-corrected chi connectivity index (χ2v) is 6.90. The van der Waals surface area contributed by atoms with Gasteiger partial charge in [-0.25, -0.2) is 0 Å². The van der Waals surface area contributed by atoms with Crippen LogP contribution in [-0.2, 0) is 11.8 Å². The van der Waals surface area contributed by atoms with E-state index in [0.717, 1.165) is 24.2 Å². The average molecular weight is 263 g/mol. The quantitative estimate of drug-likeness (QED) is 0.891. The first-order valence-electron chi connectivity index (χ1n) is 7.08. The zero-order valence-electron chi connectivity index (χ0n) is 12.7. The molecule has 0 radical (unpaired) electrons. The lowest BCUT2D eigenvalue weighted by Crippen LogP contribution is -2.34. The maximum Gasteiger partial charge on any atom is 0.227 e. The summed E-state index contributed by atoms with van der Waals surface area (Å²) < 4.78 is 1.73. The van der Waals surface area contributed by atoms with Crippen molar-refractivity contribution >= 4 is 11.6 Å². The zero-order valence-corrected chi connectivity index (χ0v) is 12.7. The number of aromatic nitrogens is 2. The number of amides is 1. The molecule has 1 aromatic rings. The molecule has 19 heavy (non-hydrogen) atoms. The summed E-state index contributed by atoms with van der Waals surface area (Å²) in [5.74, 6) is 0.892. The highest BCUT2D eigenvalue weighted by atomic mass is 16.1. The fraction of sp³-hybridized carbons (Fsp3) is 0.733. The number of carbonyl (C=O) groups excluding carboxylic acids is 1. The second kappa shape index (κ2) is 4.99. The van der Waals surface area contributed by atoms with Crippen molar-refractivity contribution in [1.82, 2.24) is 9.78 Å². The van der Waals surface area contributed by atoms with Gasteiger partial charge in [0.05, 0.1) is 11.4 Å². The summed E-state index contributed by atoms with van der Waals surface area (Å²) in [5, 5.41) is 7.29. The van der Waals surface area contributed by atoms with Crippen LogP contribution in [0.4, 0.5) is 5.69 Å². The molecule has 1 amide bonds. The molecule has 0 saturated heterocycles. The van der Waals surface area contributed by atoms with Gasteiger partial charge in [0.2, 0.25) is 5.91 Å². The molecule has 1 fully saturated rings. The average Bonchev–Trinajstić information content (AvgIpc) is 2.54. The van der Waals surface area contributed by atoms with E-state index in [1.807, 2.05) is 20.2 Å². The van der Waals surface area contributed by atoms with Crippen molar-refractivity contribution in [1.29, 1.82) is 0 Å². The molecular weight excluding hydrogens is 238 g/mol. The summed E-state index contributed by atoms with van der Waals surface area (Å²) in [6, 6.07) is 0. The Labute approximate surface area is 115 Å². The maximum atomic E-state index is 12.4. The third-order valence-electron chi connectivity index (χ3n) is 4.03. The predicted molar refractivity (Wildman–Crippen MR) is 76.9 cm³/mol. The molecule has 0 aromatic carbocycles. The van der Waals surface area contributed by atoms with Crippen LogP contribution in [0.25, 0.3) is 0 Å². The topological polar surface area (TPSA) is 46.9 Å². The first-order chi connectivity index (χ1) is 8.77. The minimum atomic E-state index is 0.123. The third kappa shape index (κ3) is 3.37. The molecule has 1 saturated carbocycles. The largest absolute Gasteiger partial charge is 0.323 e. The Morgan fingerprint density at radius 2 is 2.16 bits per heavy atom. The normalized spacial score (nSPS) is 26.2. The maximum absolute atomic E-state index is 12.4. The number of rotatable bonds is 2. The van der Waals surface area contributed by atoms with Gasteiger partial charge in [-0.3, -0.25) is 9.48 Å². The Morgan fingerprint density at radius 3 is 2.68 bits per heavy atom. The second-order valence-electron chi connectivity index (χ2n) is 6.90. The number of nitrogens with one attached hydrogen (secondary N) is 1. The number of carbonyl (C=O) groups is 1. The Bertz CT molecular complexity index is 476. The van der Waals surface area contributed by atoms with Crippen molar-refractivity contribution < 1.29 is 4.79 Å². The SMILES string of the molecule is Cc1nn(C)cc1NC(=O)C1CC(C)CC(C)(C)C1. The zero-order chi connectivity index (χ0) is 14.2.